The van der Waals surface area contributed by atoms with Crippen molar-refractivity contribution in [2.24, 2.45) is 5.41 Å². The zero-order valence-electron chi connectivity index (χ0n) is 17.0. The second kappa shape index (κ2) is 7.18. The van der Waals surface area contributed by atoms with Gasteiger partial charge in [0.1, 0.15) is 22.4 Å². The summed E-state index contributed by atoms with van der Waals surface area (Å²) >= 11 is 6.63. The van der Waals surface area contributed by atoms with Crippen LogP contribution in [-0.2, 0) is 11.3 Å². The largest absolute Gasteiger partial charge is 0.470 e. The topological polar surface area (TPSA) is 87.4 Å². The highest BCUT2D eigenvalue weighted by Crippen LogP contribution is 2.44. The lowest BCUT2D eigenvalue weighted by Gasteiger charge is -2.38. The lowest BCUT2D eigenvalue weighted by Crippen LogP contribution is -2.50. The van der Waals surface area contributed by atoms with Gasteiger partial charge in [-0.2, -0.15) is 0 Å². The number of aromatic nitrogens is 3. The zero-order chi connectivity index (χ0) is 20.9. The Hall–Kier alpha value is -2.32. The average Bonchev–Trinajstić information content (AvgIpc) is 2.92. The molecule has 156 valence electrons. The number of carbonyl (C=O) groups is 1. The van der Waals surface area contributed by atoms with Gasteiger partial charge in [0, 0.05) is 25.4 Å². The number of nitrogens with one attached hydrogen (secondary N) is 1. The third-order valence-electron chi connectivity index (χ3n) is 5.39. The molecule has 4 heterocycles. The second-order valence-corrected chi connectivity index (χ2v) is 8.87. The fourth-order valence-corrected chi connectivity index (χ4v) is 3.95. The summed E-state index contributed by atoms with van der Waals surface area (Å²) in [7, 11) is 0. The Morgan fingerprint density at radius 2 is 2.10 bits per heavy atom. The molecule has 9 heteroatoms. The number of rotatable bonds is 4. The Morgan fingerprint density at radius 1 is 1.38 bits per heavy atom. The highest BCUT2D eigenvalue weighted by Gasteiger charge is 2.37. The van der Waals surface area contributed by atoms with Crippen LogP contribution in [0.3, 0.4) is 0 Å². The maximum Gasteiger partial charge on any atom is 0.343 e. The minimum Gasteiger partial charge on any atom is -0.470 e. The van der Waals surface area contributed by atoms with Gasteiger partial charge in [-0.15, -0.1) is 5.10 Å². The molecule has 0 aliphatic carbocycles. The van der Waals surface area contributed by atoms with Gasteiger partial charge >= 0.3 is 5.97 Å². The maximum atomic E-state index is 12.7. The molecule has 2 aliphatic rings. The minimum atomic E-state index is -0.618. The van der Waals surface area contributed by atoms with Gasteiger partial charge in [-0.25, -0.2) is 4.79 Å². The molecule has 0 spiro atoms. The predicted molar refractivity (Wildman–Crippen MR) is 109 cm³/mol. The summed E-state index contributed by atoms with van der Waals surface area (Å²) in [6.07, 6.45) is 1.63. The van der Waals surface area contributed by atoms with E-state index in [2.05, 4.69) is 31.2 Å². The number of halogens is 1. The first-order valence-corrected chi connectivity index (χ1v) is 10.2. The smallest absolute Gasteiger partial charge is 0.343 e. The van der Waals surface area contributed by atoms with E-state index in [4.69, 9.17) is 21.1 Å². The van der Waals surface area contributed by atoms with Crippen molar-refractivity contribution in [3.8, 4) is 17.3 Å². The first-order valence-electron chi connectivity index (χ1n) is 9.78. The van der Waals surface area contributed by atoms with Gasteiger partial charge in [-0.3, -0.25) is 9.48 Å². The molecule has 4 rings (SSSR count). The molecule has 0 amide bonds. The summed E-state index contributed by atoms with van der Waals surface area (Å²) in [4.78, 5) is 25.0. The second-order valence-electron chi connectivity index (χ2n) is 8.49. The number of pyridine rings is 1. The fraction of sp³-hybridized carbons (Fsp3) is 0.550. The Kier molecular flexibility index (Phi) is 4.94. The van der Waals surface area contributed by atoms with Crippen molar-refractivity contribution < 1.29 is 14.3 Å². The van der Waals surface area contributed by atoms with E-state index in [9.17, 15) is 9.59 Å². The van der Waals surface area contributed by atoms with E-state index in [1.54, 1.807) is 17.8 Å². The van der Waals surface area contributed by atoms with Crippen molar-refractivity contribution >= 4 is 17.6 Å². The number of nitrogens with zero attached hydrogens (tertiary/aromatic N) is 3. The summed E-state index contributed by atoms with van der Waals surface area (Å²) in [6.45, 7) is 10.3. The number of fused-ring (bicyclic) bond motifs is 3. The normalized spacial score (nSPS) is 18.6. The standard InChI is InChI=1S/C20H25ClN4O4/c1-5-28-19(27)12-9-24-13(6-14(12)26)17-16(21)18(29-11-7-22-8-11)23-25(17)10-15(24)20(2,3)4/h6,9,11,15,22H,5,7-8,10H2,1-4H3/t15-/m0/s1. The van der Waals surface area contributed by atoms with Gasteiger partial charge in [0.15, 0.2) is 5.43 Å². The summed E-state index contributed by atoms with van der Waals surface area (Å²) in [6, 6.07) is 1.39. The zero-order valence-corrected chi connectivity index (χ0v) is 17.7. The molecule has 8 nitrogen and oxygen atoms in total. The van der Waals surface area contributed by atoms with Crippen LogP contribution in [0.5, 0.6) is 5.88 Å². The van der Waals surface area contributed by atoms with E-state index in [1.165, 1.54) is 6.07 Å². The van der Waals surface area contributed by atoms with Crippen LogP contribution in [0.15, 0.2) is 17.1 Å². The number of hydrogen-bond donors (Lipinski definition) is 1. The monoisotopic (exact) mass is 420 g/mol. The van der Waals surface area contributed by atoms with Crippen LogP contribution >= 0.6 is 11.6 Å². The van der Waals surface area contributed by atoms with Gasteiger partial charge in [0.05, 0.1) is 24.9 Å². The molecule has 2 aromatic rings. The summed E-state index contributed by atoms with van der Waals surface area (Å²) in [5, 5.41) is 8.10. The molecular formula is C20H25ClN4O4. The Bertz CT molecular complexity index is 1020. The molecule has 2 aliphatic heterocycles. The van der Waals surface area contributed by atoms with Crippen LogP contribution in [0, 0.1) is 5.41 Å². The highest BCUT2D eigenvalue weighted by molar-refractivity contribution is 6.34. The van der Waals surface area contributed by atoms with E-state index in [1.807, 2.05) is 4.57 Å². The Balaban J connectivity index is 1.86. The molecule has 1 N–H and O–H groups in total. The van der Waals surface area contributed by atoms with Crippen LogP contribution in [0.25, 0.3) is 11.4 Å². The first kappa shape index (κ1) is 20.0. The number of esters is 1. The molecule has 0 radical (unpaired) electrons. The van der Waals surface area contributed by atoms with Gasteiger partial charge in [0.25, 0.3) is 5.88 Å². The number of hydrogen-bond acceptors (Lipinski definition) is 6. The first-order chi connectivity index (χ1) is 13.7. The van der Waals surface area contributed by atoms with Crippen LogP contribution in [-0.4, -0.2) is 46.1 Å². The highest BCUT2D eigenvalue weighted by atomic mass is 35.5. The van der Waals surface area contributed by atoms with Crippen molar-refractivity contribution in [1.82, 2.24) is 19.7 Å². The summed E-state index contributed by atoms with van der Waals surface area (Å²) < 4.78 is 14.7. The molecule has 0 bridgehead atoms. The molecule has 2 aromatic heterocycles. The van der Waals surface area contributed by atoms with E-state index in [0.717, 1.165) is 13.1 Å². The SMILES string of the molecule is CCOC(=O)c1cn2c(cc1=O)-c1c(Cl)c(OC3CNC3)nn1C[C@H]2C(C)(C)C. The van der Waals surface area contributed by atoms with Crippen LogP contribution < -0.4 is 15.5 Å². The predicted octanol–water partition coefficient (Wildman–Crippen LogP) is 2.49. The van der Waals surface area contributed by atoms with Crippen molar-refractivity contribution in [3.63, 3.8) is 0 Å². The van der Waals surface area contributed by atoms with Crippen LogP contribution in [0.4, 0.5) is 0 Å². The van der Waals surface area contributed by atoms with Gasteiger partial charge < -0.3 is 19.4 Å². The minimum absolute atomic E-state index is 0.0194. The maximum absolute atomic E-state index is 12.7. The lowest BCUT2D eigenvalue weighted by molar-refractivity contribution is 0.0522. The van der Waals surface area contributed by atoms with E-state index in [0.29, 0.717) is 28.8 Å². The van der Waals surface area contributed by atoms with Crippen LogP contribution in [0.1, 0.15) is 44.1 Å². The molecule has 1 saturated heterocycles. The van der Waals surface area contributed by atoms with E-state index < -0.39 is 11.4 Å². The van der Waals surface area contributed by atoms with Gasteiger partial charge in [-0.1, -0.05) is 32.4 Å². The van der Waals surface area contributed by atoms with E-state index in [-0.39, 0.29) is 29.7 Å². The Morgan fingerprint density at radius 3 is 2.69 bits per heavy atom. The van der Waals surface area contributed by atoms with Crippen molar-refractivity contribution in [2.45, 2.75) is 46.4 Å². The number of carbonyl (C=O) groups excluding carboxylic acids is 1. The molecule has 0 saturated carbocycles. The summed E-state index contributed by atoms with van der Waals surface area (Å²) in [5.74, 6) is -0.247. The number of ether oxygens (including phenoxy) is 2. The van der Waals surface area contributed by atoms with Crippen molar-refractivity contribution in [3.05, 3.63) is 33.1 Å². The fourth-order valence-electron chi connectivity index (χ4n) is 3.68. The van der Waals surface area contributed by atoms with Crippen LogP contribution in [0.2, 0.25) is 5.02 Å². The van der Waals surface area contributed by atoms with Crippen molar-refractivity contribution in [2.75, 3.05) is 19.7 Å². The molecule has 0 unspecified atom stereocenters. The third kappa shape index (κ3) is 3.44. The molecule has 0 aromatic carbocycles. The molecular weight excluding hydrogens is 396 g/mol. The van der Waals surface area contributed by atoms with Crippen molar-refractivity contribution in [1.29, 1.82) is 0 Å². The molecule has 29 heavy (non-hydrogen) atoms. The quantitative estimate of drug-likeness (QED) is 0.764. The Labute approximate surface area is 173 Å². The van der Waals surface area contributed by atoms with E-state index >= 15 is 0 Å². The summed E-state index contributed by atoms with van der Waals surface area (Å²) in [5.41, 5.74) is 0.699. The average molecular weight is 421 g/mol. The lowest BCUT2D eigenvalue weighted by atomic mass is 9.85. The third-order valence-corrected chi connectivity index (χ3v) is 5.73. The van der Waals surface area contributed by atoms with Gasteiger partial charge in [-0.05, 0) is 12.3 Å². The molecule has 1 atom stereocenters. The van der Waals surface area contributed by atoms with Gasteiger partial charge in [0.2, 0.25) is 0 Å². The molecule has 1 fully saturated rings.